The third kappa shape index (κ3) is 15.7. The first-order chi connectivity index (χ1) is 4.56. The van der Waals surface area contributed by atoms with Gasteiger partial charge in [0.15, 0.2) is 0 Å². The molecular weight excluding hydrogens is 134 g/mol. The molecule has 0 fully saturated rings. The minimum Gasteiger partial charge on any atom is -0.481 e. The van der Waals surface area contributed by atoms with E-state index in [0.29, 0.717) is 6.54 Å². The van der Waals surface area contributed by atoms with E-state index in [1.807, 2.05) is 0 Å². The predicted octanol–water partition coefficient (Wildman–Crippen LogP) is -0.336. The highest BCUT2D eigenvalue weighted by molar-refractivity contribution is 5.68. The molecule has 0 spiro atoms. The van der Waals surface area contributed by atoms with E-state index in [1.165, 1.54) is 0 Å². The molecule has 0 aliphatic rings. The van der Waals surface area contributed by atoms with Crippen molar-refractivity contribution in [3.8, 4) is 0 Å². The zero-order valence-electron chi connectivity index (χ0n) is 6.37. The molecule has 0 bridgehead atoms. The molecule has 0 saturated carbocycles. The Bertz CT molecular complexity index is 81.1. The number of hydrogen-bond donors (Lipinski definition) is 3. The van der Waals surface area contributed by atoms with Crippen LogP contribution in [0.2, 0.25) is 0 Å². The summed E-state index contributed by atoms with van der Waals surface area (Å²) in [4.78, 5) is 9.70. The fourth-order valence-electron chi connectivity index (χ4n) is 0. The smallest absolute Gasteiger partial charge is 0.305 e. The number of aliphatic carboxylic acids is 1. The average Bonchev–Trinajstić information content (AvgIpc) is 1.89. The summed E-state index contributed by atoms with van der Waals surface area (Å²) in [6.07, 6.45) is 0. The summed E-state index contributed by atoms with van der Waals surface area (Å²) in [6.45, 7) is 3.75. The maximum atomic E-state index is 9.70. The van der Waals surface area contributed by atoms with Crippen molar-refractivity contribution in [2.45, 2.75) is 13.8 Å². The molecule has 0 aromatic heterocycles. The molecule has 62 valence electrons. The molecule has 4 nitrogen and oxygen atoms in total. The summed E-state index contributed by atoms with van der Waals surface area (Å²) < 4.78 is 0. The third-order valence-corrected chi connectivity index (χ3v) is 0.623. The molecule has 0 rings (SSSR count). The quantitative estimate of drug-likeness (QED) is 0.501. The van der Waals surface area contributed by atoms with Gasteiger partial charge in [-0.2, -0.15) is 0 Å². The van der Waals surface area contributed by atoms with Gasteiger partial charge in [-0.05, 0) is 0 Å². The second kappa shape index (κ2) is 8.39. The minimum absolute atomic E-state index is 0.0972. The van der Waals surface area contributed by atoms with Crippen molar-refractivity contribution < 1.29 is 15.0 Å². The van der Waals surface area contributed by atoms with E-state index in [4.69, 9.17) is 15.9 Å². The SMILES string of the molecule is CC(C)C(=O)O.NCCO. The fourth-order valence-corrected chi connectivity index (χ4v) is 0. The Labute approximate surface area is 60.7 Å². The monoisotopic (exact) mass is 149 g/mol. The Kier molecular flexibility index (Phi) is 10.2. The molecule has 0 amide bonds. The lowest BCUT2D eigenvalue weighted by atomic mass is 10.2. The number of rotatable bonds is 2. The van der Waals surface area contributed by atoms with Crippen LogP contribution in [0.15, 0.2) is 0 Å². The normalized spacial score (nSPS) is 8.50. The number of hydrogen-bond acceptors (Lipinski definition) is 3. The van der Waals surface area contributed by atoms with Gasteiger partial charge < -0.3 is 15.9 Å². The number of aliphatic hydroxyl groups is 1. The van der Waals surface area contributed by atoms with Crippen molar-refractivity contribution in [2.24, 2.45) is 11.7 Å². The summed E-state index contributed by atoms with van der Waals surface area (Å²) >= 11 is 0. The van der Waals surface area contributed by atoms with Crippen molar-refractivity contribution in [3.63, 3.8) is 0 Å². The van der Waals surface area contributed by atoms with Crippen LogP contribution in [0.4, 0.5) is 0 Å². The first-order valence-corrected chi connectivity index (χ1v) is 3.10. The van der Waals surface area contributed by atoms with Crippen molar-refractivity contribution in [2.75, 3.05) is 13.2 Å². The lowest BCUT2D eigenvalue weighted by Gasteiger charge is -1.89. The Morgan fingerprint density at radius 3 is 1.80 bits per heavy atom. The van der Waals surface area contributed by atoms with Crippen LogP contribution in [0.1, 0.15) is 13.8 Å². The molecule has 10 heavy (non-hydrogen) atoms. The van der Waals surface area contributed by atoms with Crippen LogP contribution in [-0.4, -0.2) is 29.3 Å². The van der Waals surface area contributed by atoms with Gasteiger partial charge in [-0.15, -0.1) is 0 Å². The van der Waals surface area contributed by atoms with Crippen molar-refractivity contribution >= 4 is 5.97 Å². The summed E-state index contributed by atoms with van der Waals surface area (Å²) in [5.41, 5.74) is 4.78. The van der Waals surface area contributed by atoms with Gasteiger partial charge in [-0.25, -0.2) is 0 Å². The first-order valence-electron chi connectivity index (χ1n) is 3.10. The first kappa shape index (κ1) is 12.1. The molecular formula is C6H15NO3. The van der Waals surface area contributed by atoms with Crippen molar-refractivity contribution in [1.82, 2.24) is 0 Å². The Balaban J connectivity index is 0. The van der Waals surface area contributed by atoms with E-state index in [-0.39, 0.29) is 12.5 Å². The largest absolute Gasteiger partial charge is 0.481 e. The van der Waals surface area contributed by atoms with Crippen LogP contribution in [-0.2, 0) is 4.79 Å². The van der Waals surface area contributed by atoms with Gasteiger partial charge in [0.1, 0.15) is 0 Å². The molecule has 0 radical (unpaired) electrons. The highest BCUT2D eigenvalue weighted by Crippen LogP contribution is 1.87. The summed E-state index contributed by atoms with van der Waals surface area (Å²) in [6, 6.07) is 0. The van der Waals surface area contributed by atoms with Crippen LogP contribution < -0.4 is 5.73 Å². The molecule has 0 aromatic rings. The lowest BCUT2D eigenvalue weighted by molar-refractivity contribution is -0.140. The summed E-state index contributed by atoms with van der Waals surface area (Å²) in [5.74, 6) is -0.972. The maximum Gasteiger partial charge on any atom is 0.305 e. The lowest BCUT2D eigenvalue weighted by Crippen LogP contribution is -2.03. The molecule has 0 aliphatic heterocycles. The van der Waals surface area contributed by atoms with Crippen molar-refractivity contribution in [3.05, 3.63) is 0 Å². The van der Waals surface area contributed by atoms with Gasteiger partial charge >= 0.3 is 5.97 Å². The zero-order chi connectivity index (χ0) is 8.57. The highest BCUT2D eigenvalue weighted by Gasteiger charge is 1.99. The van der Waals surface area contributed by atoms with Gasteiger partial charge in [0.25, 0.3) is 0 Å². The molecule has 4 N–H and O–H groups in total. The second-order valence-corrected chi connectivity index (χ2v) is 2.01. The summed E-state index contributed by atoms with van der Waals surface area (Å²) in [7, 11) is 0. The highest BCUT2D eigenvalue weighted by atomic mass is 16.4. The maximum absolute atomic E-state index is 9.70. The molecule has 0 saturated heterocycles. The molecule has 0 heterocycles. The van der Waals surface area contributed by atoms with Crippen LogP contribution >= 0.6 is 0 Å². The molecule has 0 aliphatic carbocycles. The standard InChI is InChI=1S/C4H8O2.C2H7NO/c1-3(2)4(5)6;3-1-2-4/h3H,1-2H3,(H,5,6);4H,1-3H2. The van der Waals surface area contributed by atoms with Crippen molar-refractivity contribution in [1.29, 1.82) is 0 Å². The topological polar surface area (TPSA) is 83.5 Å². The second-order valence-electron chi connectivity index (χ2n) is 2.01. The molecule has 0 aromatic carbocycles. The predicted molar refractivity (Wildman–Crippen MR) is 38.6 cm³/mol. The Hall–Kier alpha value is -0.610. The Morgan fingerprint density at radius 1 is 1.60 bits per heavy atom. The van der Waals surface area contributed by atoms with Gasteiger partial charge in [0.2, 0.25) is 0 Å². The van der Waals surface area contributed by atoms with Gasteiger partial charge in [-0.3, -0.25) is 4.79 Å². The van der Waals surface area contributed by atoms with Gasteiger partial charge in [0.05, 0.1) is 12.5 Å². The van der Waals surface area contributed by atoms with Crippen LogP contribution in [0.25, 0.3) is 0 Å². The fraction of sp³-hybridized carbons (Fsp3) is 0.833. The number of carboxylic acids is 1. The number of aliphatic hydroxyl groups excluding tert-OH is 1. The molecule has 4 heteroatoms. The number of nitrogens with two attached hydrogens (primary N) is 1. The van der Waals surface area contributed by atoms with Crippen LogP contribution in [0, 0.1) is 5.92 Å². The minimum atomic E-state index is -0.741. The van der Waals surface area contributed by atoms with E-state index >= 15 is 0 Å². The van der Waals surface area contributed by atoms with Crippen LogP contribution in [0.3, 0.4) is 0 Å². The number of carbonyl (C=O) groups is 1. The van der Waals surface area contributed by atoms with E-state index in [9.17, 15) is 4.79 Å². The third-order valence-electron chi connectivity index (χ3n) is 0.623. The zero-order valence-corrected chi connectivity index (χ0v) is 6.37. The molecule has 0 unspecified atom stereocenters. The Morgan fingerprint density at radius 2 is 1.80 bits per heavy atom. The van der Waals surface area contributed by atoms with Gasteiger partial charge in [-0.1, -0.05) is 13.8 Å². The molecule has 0 atom stereocenters. The van der Waals surface area contributed by atoms with Crippen LogP contribution in [0.5, 0.6) is 0 Å². The average molecular weight is 149 g/mol. The summed E-state index contributed by atoms with van der Waals surface area (Å²) in [5, 5.41) is 15.7. The van der Waals surface area contributed by atoms with E-state index in [1.54, 1.807) is 13.8 Å². The van der Waals surface area contributed by atoms with Gasteiger partial charge in [0, 0.05) is 6.54 Å². The van der Waals surface area contributed by atoms with E-state index in [0.717, 1.165) is 0 Å². The van der Waals surface area contributed by atoms with E-state index in [2.05, 4.69) is 0 Å². The number of carboxylic acid groups (broad SMARTS) is 1. The van der Waals surface area contributed by atoms with E-state index < -0.39 is 5.97 Å².